The van der Waals surface area contributed by atoms with Crippen LogP contribution in [0.3, 0.4) is 0 Å². The number of methoxy groups -OCH3 is 1. The number of nitrogens with zero attached hydrogens (tertiary/aromatic N) is 2. The number of ether oxygens (including phenoxy) is 2. The first-order valence-electron chi connectivity index (χ1n) is 10.7. The van der Waals surface area contributed by atoms with Crippen molar-refractivity contribution in [2.75, 3.05) is 7.11 Å². The molecule has 0 spiro atoms. The van der Waals surface area contributed by atoms with Gasteiger partial charge in [-0.2, -0.15) is 0 Å². The normalized spacial score (nSPS) is 10.8. The monoisotopic (exact) mass is 434 g/mol. The molecule has 4 aromatic carbocycles. The number of aromatic nitrogens is 2. The summed E-state index contributed by atoms with van der Waals surface area (Å²) in [6.45, 7) is 0.506. The summed E-state index contributed by atoms with van der Waals surface area (Å²) in [5, 5.41) is 0. The smallest absolute Gasteiger partial charge is 0.338 e. The first-order chi connectivity index (χ1) is 16.2. The summed E-state index contributed by atoms with van der Waals surface area (Å²) in [5.41, 5.74) is 5.01. The van der Waals surface area contributed by atoms with E-state index in [4.69, 9.17) is 14.5 Å². The highest BCUT2D eigenvalue weighted by atomic mass is 16.5. The number of carbonyl (C=O) groups is 1. The minimum Gasteiger partial charge on any atom is -0.489 e. The highest BCUT2D eigenvalue weighted by molar-refractivity contribution is 5.97. The maximum absolute atomic E-state index is 12.4. The van der Waals surface area contributed by atoms with Crippen molar-refractivity contribution in [1.29, 1.82) is 0 Å². The number of carbonyl (C=O) groups excluding carboxylic acids is 1. The van der Waals surface area contributed by atoms with Crippen molar-refractivity contribution in [2.24, 2.45) is 0 Å². The highest BCUT2D eigenvalue weighted by Crippen LogP contribution is 2.31. The lowest BCUT2D eigenvalue weighted by molar-refractivity contribution is 0.0601. The second-order valence-corrected chi connectivity index (χ2v) is 7.56. The van der Waals surface area contributed by atoms with Crippen LogP contribution in [-0.2, 0) is 11.3 Å². The number of hydrogen-bond acceptors (Lipinski definition) is 4. The molecular weight excluding hydrogens is 412 g/mol. The van der Waals surface area contributed by atoms with Crippen LogP contribution in [0.5, 0.6) is 5.75 Å². The van der Waals surface area contributed by atoms with Gasteiger partial charge in [-0.3, -0.25) is 4.57 Å². The third-order valence-corrected chi connectivity index (χ3v) is 5.48. The van der Waals surface area contributed by atoms with Crippen LogP contribution < -0.4 is 4.74 Å². The van der Waals surface area contributed by atoms with Crippen LogP contribution in [0, 0.1) is 0 Å². The fourth-order valence-electron chi connectivity index (χ4n) is 3.87. The Morgan fingerprint density at radius 3 is 2.30 bits per heavy atom. The number of esters is 1. The molecule has 0 amide bonds. The van der Waals surface area contributed by atoms with Crippen LogP contribution in [0.25, 0.3) is 28.1 Å². The fourth-order valence-corrected chi connectivity index (χ4v) is 3.87. The number of hydrogen-bond donors (Lipinski definition) is 0. The largest absolute Gasteiger partial charge is 0.489 e. The Balaban J connectivity index is 1.56. The third kappa shape index (κ3) is 4.08. The van der Waals surface area contributed by atoms with E-state index in [0.29, 0.717) is 23.6 Å². The quantitative estimate of drug-likeness (QED) is 0.305. The molecular formula is C28H22N2O3. The van der Waals surface area contributed by atoms with Gasteiger partial charge >= 0.3 is 5.97 Å². The zero-order valence-corrected chi connectivity index (χ0v) is 18.1. The summed E-state index contributed by atoms with van der Waals surface area (Å²) in [5.74, 6) is 1.06. The number of para-hydroxylation sites is 2. The summed E-state index contributed by atoms with van der Waals surface area (Å²) in [7, 11) is 1.39. The molecule has 162 valence electrons. The second-order valence-electron chi connectivity index (χ2n) is 7.56. The van der Waals surface area contributed by atoms with E-state index in [2.05, 4.69) is 4.57 Å². The minimum atomic E-state index is -0.395. The SMILES string of the molecule is COC(=O)c1ccccc1-c1nc2ccccc2n1-c1ccc(OCc2ccccc2)cc1. The maximum Gasteiger partial charge on any atom is 0.338 e. The molecule has 5 rings (SSSR count). The first kappa shape index (κ1) is 20.5. The van der Waals surface area contributed by atoms with Crippen LogP contribution in [-0.4, -0.2) is 22.6 Å². The lowest BCUT2D eigenvalue weighted by Crippen LogP contribution is -2.06. The van der Waals surface area contributed by atoms with Gasteiger partial charge in [0.25, 0.3) is 0 Å². The molecule has 5 heteroatoms. The number of rotatable bonds is 6. The molecule has 5 aromatic rings. The molecule has 0 saturated heterocycles. The van der Waals surface area contributed by atoms with Crippen molar-refractivity contribution in [3.63, 3.8) is 0 Å². The summed E-state index contributed by atoms with van der Waals surface area (Å²) >= 11 is 0. The van der Waals surface area contributed by atoms with Crippen molar-refractivity contribution in [1.82, 2.24) is 9.55 Å². The van der Waals surface area contributed by atoms with Gasteiger partial charge in [0.2, 0.25) is 0 Å². The Hall–Kier alpha value is -4.38. The lowest BCUT2D eigenvalue weighted by atomic mass is 10.1. The van der Waals surface area contributed by atoms with Gasteiger partial charge in [0, 0.05) is 11.3 Å². The molecule has 5 nitrogen and oxygen atoms in total. The molecule has 0 fully saturated rings. The van der Waals surface area contributed by atoms with Crippen LogP contribution in [0.2, 0.25) is 0 Å². The van der Waals surface area contributed by atoms with Crippen LogP contribution in [0.1, 0.15) is 15.9 Å². The molecule has 0 bridgehead atoms. The van der Waals surface area contributed by atoms with Gasteiger partial charge in [0.15, 0.2) is 0 Å². The first-order valence-corrected chi connectivity index (χ1v) is 10.7. The molecule has 0 N–H and O–H groups in total. The molecule has 1 heterocycles. The minimum absolute atomic E-state index is 0.395. The van der Waals surface area contributed by atoms with E-state index in [-0.39, 0.29) is 0 Å². The Kier molecular flexibility index (Phi) is 5.60. The fraction of sp³-hybridized carbons (Fsp3) is 0.0714. The van der Waals surface area contributed by atoms with Crippen LogP contribution >= 0.6 is 0 Å². The van der Waals surface area contributed by atoms with E-state index in [1.54, 1.807) is 6.07 Å². The van der Waals surface area contributed by atoms with E-state index in [9.17, 15) is 4.79 Å². The van der Waals surface area contributed by atoms with Gasteiger partial charge < -0.3 is 9.47 Å². The predicted molar refractivity (Wildman–Crippen MR) is 129 cm³/mol. The number of benzene rings is 4. The van der Waals surface area contributed by atoms with E-state index >= 15 is 0 Å². The maximum atomic E-state index is 12.4. The van der Waals surface area contributed by atoms with Gasteiger partial charge in [-0.1, -0.05) is 60.7 Å². The summed E-state index contributed by atoms with van der Waals surface area (Å²) in [6, 6.07) is 33.2. The van der Waals surface area contributed by atoms with Gasteiger partial charge in [0.1, 0.15) is 18.2 Å². The van der Waals surface area contributed by atoms with Crippen LogP contribution in [0.15, 0.2) is 103 Å². The molecule has 33 heavy (non-hydrogen) atoms. The topological polar surface area (TPSA) is 53.3 Å². The lowest BCUT2D eigenvalue weighted by Gasteiger charge is -2.13. The van der Waals surface area contributed by atoms with E-state index < -0.39 is 5.97 Å². The van der Waals surface area contributed by atoms with Crippen molar-refractivity contribution < 1.29 is 14.3 Å². The zero-order valence-electron chi connectivity index (χ0n) is 18.1. The summed E-state index contributed by atoms with van der Waals surface area (Å²) < 4.78 is 13.0. The van der Waals surface area contributed by atoms with Gasteiger partial charge in [-0.15, -0.1) is 0 Å². The average molecular weight is 434 g/mol. The Morgan fingerprint density at radius 1 is 0.818 bits per heavy atom. The molecule has 0 radical (unpaired) electrons. The number of imidazole rings is 1. The zero-order chi connectivity index (χ0) is 22.6. The van der Waals surface area contributed by atoms with Crippen molar-refractivity contribution in [3.8, 4) is 22.8 Å². The van der Waals surface area contributed by atoms with Gasteiger partial charge in [0.05, 0.1) is 23.7 Å². The highest BCUT2D eigenvalue weighted by Gasteiger charge is 2.20. The van der Waals surface area contributed by atoms with Gasteiger partial charge in [-0.25, -0.2) is 9.78 Å². The standard InChI is InChI=1S/C28H22N2O3/c1-32-28(31)24-12-6-5-11-23(24)27-29-25-13-7-8-14-26(25)30(27)21-15-17-22(18-16-21)33-19-20-9-3-2-4-10-20/h2-18H,19H2,1H3. The molecule has 1 aromatic heterocycles. The molecule has 0 aliphatic heterocycles. The average Bonchev–Trinajstić information content (AvgIpc) is 3.27. The number of fused-ring (bicyclic) bond motifs is 1. The Morgan fingerprint density at radius 2 is 1.52 bits per heavy atom. The Labute approximate surface area is 191 Å². The summed E-state index contributed by atoms with van der Waals surface area (Å²) in [4.78, 5) is 17.3. The Bertz CT molecular complexity index is 1410. The van der Waals surface area contributed by atoms with Crippen molar-refractivity contribution >= 4 is 17.0 Å². The predicted octanol–water partition coefficient (Wildman–Crippen LogP) is 6.06. The molecule has 0 aliphatic rings. The van der Waals surface area contributed by atoms with Crippen molar-refractivity contribution in [3.05, 3.63) is 114 Å². The molecule has 0 aliphatic carbocycles. The molecule has 0 unspecified atom stereocenters. The van der Waals surface area contributed by atoms with E-state index in [1.165, 1.54) is 7.11 Å². The van der Waals surface area contributed by atoms with Gasteiger partial charge in [-0.05, 0) is 48.0 Å². The molecule has 0 saturated carbocycles. The van der Waals surface area contributed by atoms with E-state index in [1.807, 2.05) is 97.1 Å². The van der Waals surface area contributed by atoms with Crippen molar-refractivity contribution in [2.45, 2.75) is 6.61 Å². The summed E-state index contributed by atoms with van der Waals surface area (Å²) in [6.07, 6.45) is 0. The van der Waals surface area contributed by atoms with E-state index in [0.717, 1.165) is 28.0 Å². The van der Waals surface area contributed by atoms with Crippen LogP contribution in [0.4, 0.5) is 0 Å². The second kappa shape index (κ2) is 9.01. The molecule has 0 atom stereocenters. The third-order valence-electron chi connectivity index (χ3n) is 5.48.